The van der Waals surface area contributed by atoms with Crippen molar-refractivity contribution in [2.24, 2.45) is 0 Å². The van der Waals surface area contributed by atoms with Gasteiger partial charge in [-0.15, -0.1) is 0 Å². The van der Waals surface area contributed by atoms with Gasteiger partial charge in [0.2, 0.25) is 0 Å². The van der Waals surface area contributed by atoms with Gasteiger partial charge >= 0.3 is 5.95 Å². The molecule has 1 aliphatic rings. The van der Waals surface area contributed by atoms with Crippen molar-refractivity contribution in [2.45, 2.75) is 12.5 Å². The zero-order chi connectivity index (χ0) is 9.10. The lowest BCUT2D eigenvalue weighted by Crippen LogP contribution is -2.19. The lowest BCUT2D eigenvalue weighted by atomic mass is 10.3. The van der Waals surface area contributed by atoms with Crippen LogP contribution in [0.25, 0.3) is 0 Å². The Bertz CT molecular complexity index is 268. The lowest BCUT2D eigenvalue weighted by molar-refractivity contribution is 0.153. The second kappa shape index (κ2) is 3.66. The van der Waals surface area contributed by atoms with Crippen LogP contribution in [0.3, 0.4) is 0 Å². The predicted molar refractivity (Wildman–Crippen MR) is 45.0 cm³/mol. The number of rotatable bonds is 3. The molecule has 0 radical (unpaired) electrons. The van der Waals surface area contributed by atoms with Crippen molar-refractivity contribution < 1.29 is 14.0 Å². The highest BCUT2D eigenvalue weighted by atomic mass is 16.6. The highest BCUT2D eigenvalue weighted by Crippen LogP contribution is 2.20. The minimum Gasteiger partial charge on any atom is -0.479 e. The molecule has 0 spiro atoms. The Morgan fingerprint density at radius 1 is 1.69 bits per heavy atom. The summed E-state index contributed by atoms with van der Waals surface area (Å²) in [5.74, 6) is 0.867. The molecule has 13 heavy (non-hydrogen) atoms. The molecule has 1 aromatic rings. The molecule has 1 atom stereocenters. The summed E-state index contributed by atoms with van der Waals surface area (Å²) < 4.78 is 15.2. The molecule has 1 N–H and O–H groups in total. The van der Waals surface area contributed by atoms with E-state index >= 15 is 0 Å². The second-order valence-electron chi connectivity index (χ2n) is 2.92. The molecule has 1 fully saturated rings. The van der Waals surface area contributed by atoms with Crippen LogP contribution in [0.15, 0.2) is 10.6 Å². The smallest absolute Gasteiger partial charge is 0.315 e. The monoisotopic (exact) mass is 184 g/mol. The van der Waals surface area contributed by atoms with Crippen LogP contribution in [-0.2, 0) is 0 Å². The molecule has 0 amide bonds. The van der Waals surface area contributed by atoms with E-state index in [0.717, 1.165) is 19.5 Å². The third kappa shape index (κ3) is 1.92. The summed E-state index contributed by atoms with van der Waals surface area (Å²) in [5, 5.41) is 6.83. The average molecular weight is 184 g/mol. The summed E-state index contributed by atoms with van der Waals surface area (Å²) >= 11 is 0. The Labute approximate surface area is 76.0 Å². The molecule has 2 rings (SSSR count). The van der Waals surface area contributed by atoms with E-state index in [4.69, 9.17) is 14.0 Å². The van der Waals surface area contributed by atoms with Gasteiger partial charge in [-0.2, -0.15) is 0 Å². The predicted octanol–water partition coefficient (Wildman–Crippen LogP) is 0.424. The van der Waals surface area contributed by atoms with Gasteiger partial charge in [-0.25, -0.2) is 0 Å². The number of hydrogen-bond acceptors (Lipinski definition) is 5. The molecular weight excluding hydrogens is 172 g/mol. The molecule has 0 aliphatic carbocycles. The van der Waals surface area contributed by atoms with Gasteiger partial charge in [0.1, 0.15) is 6.10 Å². The van der Waals surface area contributed by atoms with Gasteiger partial charge in [0.15, 0.2) is 0 Å². The van der Waals surface area contributed by atoms with E-state index in [1.165, 1.54) is 0 Å². The van der Waals surface area contributed by atoms with Gasteiger partial charge in [0.05, 0.1) is 13.2 Å². The highest BCUT2D eigenvalue weighted by Gasteiger charge is 2.18. The first kappa shape index (κ1) is 8.37. The third-order valence-electron chi connectivity index (χ3n) is 1.97. The van der Waals surface area contributed by atoms with E-state index < -0.39 is 0 Å². The van der Waals surface area contributed by atoms with Crippen LogP contribution in [-0.4, -0.2) is 31.5 Å². The van der Waals surface area contributed by atoms with E-state index in [-0.39, 0.29) is 6.10 Å². The third-order valence-corrected chi connectivity index (χ3v) is 1.97. The van der Waals surface area contributed by atoms with E-state index in [0.29, 0.717) is 11.8 Å². The molecule has 1 unspecified atom stereocenters. The zero-order valence-electron chi connectivity index (χ0n) is 7.45. The fraction of sp³-hybridized carbons (Fsp3) is 0.625. The SMILES string of the molecule is COc1cc(OC2CCNC2)on1. The molecule has 5 heteroatoms. The number of aromatic nitrogens is 1. The molecule has 1 saturated heterocycles. The minimum atomic E-state index is 0.192. The molecule has 0 bridgehead atoms. The molecule has 5 nitrogen and oxygen atoms in total. The lowest BCUT2D eigenvalue weighted by Gasteiger charge is -2.06. The average Bonchev–Trinajstić information content (AvgIpc) is 2.76. The summed E-state index contributed by atoms with van der Waals surface area (Å²) in [6.07, 6.45) is 1.20. The van der Waals surface area contributed by atoms with E-state index in [1.807, 2.05) is 0 Å². The van der Waals surface area contributed by atoms with Crippen LogP contribution < -0.4 is 14.8 Å². The molecule has 72 valence electrons. The van der Waals surface area contributed by atoms with Crippen molar-refractivity contribution >= 4 is 0 Å². The number of methoxy groups -OCH3 is 1. The topological polar surface area (TPSA) is 56.5 Å². The van der Waals surface area contributed by atoms with Gasteiger partial charge < -0.3 is 19.3 Å². The van der Waals surface area contributed by atoms with Crippen molar-refractivity contribution in [3.8, 4) is 11.8 Å². The van der Waals surface area contributed by atoms with Crippen molar-refractivity contribution in [1.29, 1.82) is 0 Å². The number of hydrogen-bond donors (Lipinski definition) is 1. The van der Waals surface area contributed by atoms with Crippen LogP contribution in [0.2, 0.25) is 0 Å². The Kier molecular flexibility index (Phi) is 2.35. The first-order chi connectivity index (χ1) is 6.38. The molecular formula is C8H12N2O3. The number of nitrogens with one attached hydrogen (secondary N) is 1. The van der Waals surface area contributed by atoms with Crippen LogP contribution in [0.5, 0.6) is 11.8 Å². The maximum atomic E-state index is 5.49. The quantitative estimate of drug-likeness (QED) is 0.738. The van der Waals surface area contributed by atoms with Crippen LogP contribution in [0.4, 0.5) is 0 Å². The second-order valence-corrected chi connectivity index (χ2v) is 2.92. The fourth-order valence-electron chi connectivity index (χ4n) is 1.29. The van der Waals surface area contributed by atoms with Gasteiger partial charge in [0.25, 0.3) is 5.88 Å². The molecule has 0 aromatic carbocycles. The van der Waals surface area contributed by atoms with Crippen LogP contribution >= 0.6 is 0 Å². The molecule has 2 heterocycles. The summed E-state index contributed by atoms with van der Waals surface area (Å²) in [6, 6.07) is 1.64. The minimum absolute atomic E-state index is 0.192. The Hall–Kier alpha value is -1.23. The number of nitrogens with zero attached hydrogens (tertiary/aromatic N) is 1. The van der Waals surface area contributed by atoms with Crippen molar-refractivity contribution in [3.05, 3.63) is 6.07 Å². The van der Waals surface area contributed by atoms with Crippen LogP contribution in [0.1, 0.15) is 6.42 Å². The Morgan fingerprint density at radius 3 is 3.23 bits per heavy atom. The van der Waals surface area contributed by atoms with E-state index in [9.17, 15) is 0 Å². The molecule has 0 saturated carbocycles. The molecule has 1 aliphatic heterocycles. The van der Waals surface area contributed by atoms with Gasteiger partial charge in [-0.05, 0) is 18.1 Å². The summed E-state index contributed by atoms with van der Waals surface area (Å²) in [7, 11) is 1.54. The summed E-state index contributed by atoms with van der Waals surface area (Å²) in [6.45, 7) is 1.86. The first-order valence-corrected chi connectivity index (χ1v) is 4.26. The zero-order valence-corrected chi connectivity index (χ0v) is 7.45. The first-order valence-electron chi connectivity index (χ1n) is 4.26. The maximum Gasteiger partial charge on any atom is 0.315 e. The highest BCUT2D eigenvalue weighted by molar-refractivity contribution is 5.15. The van der Waals surface area contributed by atoms with Gasteiger partial charge in [-0.1, -0.05) is 0 Å². The van der Waals surface area contributed by atoms with E-state index in [2.05, 4.69) is 10.5 Å². The number of ether oxygens (including phenoxy) is 2. The van der Waals surface area contributed by atoms with E-state index in [1.54, 1.807) is 13.2 Å². The normalized spacial score (nSPS) is 21.8. The van der Waals surface area contributed by atoms with Crippen molar-refractivity contribution in [1.82, 2.24) is 10.5 Å². The van der Waals surface area contributed by atoms with Crippen molar-refractivity contribution in [3.63, 3.8) is 0 Å². The van der Waals surface area contributed by atoms with Gasteiger partial charge in [-0.3, -0.25) is 0 Å². The Balaban J connectivity index is 1.92. The maximum absolute atomic E-state index is 5.49. The fourth-order valence-corrected chi connectivity index (χ4v) is 1.29. The van der Waals surface area contributed by atoms with Crippen molar-refractivity contribution in [2.75, 3.05) is 20.2 Å². The van der Waals surface area contributed by atoms with Gasteiger partial charge in [0, 0.05) is 6.54 Å². The standard InChI is InChI=1S/C8H12N2O3/c1-11-7-4-8(13-10-7)12-6-2-3-9-5-6/h4,6,9H,2-3,5H2,1H3. The Morgan fingerprint density at radius 2 is 2.62 bits per heavy atom. The summed E-state index contributed by atoms with van der Waals surface area (Å²) in [5.41, 5.74) is 0. The van der Waals surface area contributed by atoms with Crippen LogP contribution in [0, 0.1) is 0 Å². The molecule has 1 aromatic heterocycles. The summed E-state index contributed by atoms with van der Waals surface area (Å²) in [4.78, 5) is 0. The largest absolute Gasteiger partial charge is 0.479 e.